The van der Waals surface area contributed by atoms with Crippen LogP contribution in [0.5, 0.6) is 0 Å². The standard InChI is InChI=1S/2C24BF20.C2H4O2.Pd/c2*26-5-1(6(27)14(35)21(42)13(5)34)25(2-7(28)15(36)22(43)16(37)8(2)29,3-9(30)17(38)23(44)18(39)10(3)31)4-11(32)19(40)24(45)20(41)12(4)33;1-2(3)4;/h;;1H3,(H,3,4);/q2*-1;;+2. The maximum Gasteiger partial charge on any atom is 2.00 e. The maximum atomic E-state index is 15.4. The number of carbonyl (C=O) groups is 1. The molecule has 1 N–H and O–H groups in total. The van der Waals surface area contributed by atoms with Crippen molar-refractivity contribution in [2.24, 2.45) is 0 Å². The Kier molecular flexibility index (Phi) is 21.7. The van der Waals surface area contributed by atoms with Gasteiger partial charge < -0.3 is 5.11 Å². The van der Waals surface area contributed by atoms with Gasteiger partial charge in [0, 0.05) is 6.92 Å². The van der Waals surface area contributed by atoms with Crippen LogP contribution in [0.2, 0.25) is 0 Å². The van der Waals surface area contributed by atoms with Crippen molar-refractivity contribution in [1.29, 1.82) is 0 Å². The smallest absolute Gasteiger partial charge is 0.481 e. The van der Waals surface area contributed by atoms with E-state index in [0.29, 0.717) is 0 Å². The molecule has 0 amide bonds. The van der Waals surface area contributed by atoms with E-state index in [0.717, 1.165) is 6.92 Å². The summed E-state index contributed by atoms with van der Waals surface area (Å²) in [7, 11) is 0. The zero-order valence-electron chi connectivity index (χ0n) is 42.9. The predicted octanol–water partition coefficient (Wildman–Crippen LogP) is 11.8. The van der Waals surface area contributed by atoms with Gasteiger partial charge in [-0.05, 0) is 0 Å². The van der Waals surface area contributed by atoms with Gasteiger partial charge in [0.05, 0.1) is 0 Å². The zero-order chi connectivity index (χ0) is 72.3. The number of hydrogen-bond donors (Lipinski definition) is 1. The van der Waals surface area contributed by atoms with E-state index in [4.69, 9.17) is 9.90 Å². The molecule has 2 nitrogen and oxygen atoms in total. The first kappa shape index (κ1) is 76.9. The van der Waals surface area contributed by atoms with E-state index in [1.54, 1.807) is 0 Å². The van der Waals surface area contributed by atoms with Crippen LogP contribution in [-0.4, -0.2) is 23.4 Å². The molecule has 0 aliphatic rings. The molecule has 0 heterocycles. The van der Waals surface area contributed by atoms with Crippen LogP contribution in [0.1, 0.15) is 6.92 Å². The first-order valence-corrected chi connectivity index (χ1v) is 22.8. The van der Waals surface area contributed by atoms with Gasteiger partial charge in [-0.15, -0.1) is 43.7 Å². The molecule has 0 aliphatic heterocycles. The number of aliphatic carboxylic acids is 1. The minimum Gasteiger partial charge on any atom is -0.481 e. The minimum atomic E-state index is -7.22. The Morgan fingerprint density at radius 3 is 0.263 bits per heavy atom. The molecule has 0 unspecified atom stereocenters. The van der Waals surface area contributed by atoms with Crippen molar-refractivity contribution >= 4 is 62.0 Å². The van der Waals surface area contributed by atoms with Crippen LogP contribution >= 0.6 is 0 Å². The number of rotatable bonds is 8. The van der Waals surface area contributed by atoms with Gasteiger partial charge in [0.15, 0.2) is 140 Å². The van der Waals surface area contributed by atoms with Crippen LogP contribution in [0.4, 0.5) is 176 Å². The van der Waals surface area contributed by atoms with E-state index in [2.05, 4.69) is 0 Å². The Bertz CT molecular complexity index is 3550. The molecule has 0 radical (unpaired) electrons. The first-order chi connectivity index (χ1) is 43.1. The van der Waals surface area contributed by atoms with Gasteiger partial charge in [0.1, 0.15) is 105 Å². The number of hydrogen-bond acceptors (Lipinski definition) is 1. The van der Waals surface area contributed by atoms with Gasteiger partial charge >= 0.3 is 20.4 Å². The number of benzene rings is 8. The number of carboxylic acids is 1. The fourth-order valence-electron chi connectivity index (χ4n) is 9.75. The summed E-state index contributed by atoms with van der Waals surface area (Å²) in [6.45, 7) is 1.08. The monoisotopic (exact) mass is 1520 g/mol. The molecule has 8 aromatic carbocycles. The molecular weight excluding hydrogens is 1520 g/mol. The van der Waals surface area contributed by atoms with Gasteiger partial charge in [0.2, 0.25) is 0 Å². The van der Waals surface area contributed by atoms with Crippen molar-refractivity contribution in [3.8, 4) is 0 Å². The quantitative estimate of drug-likeness (QED) is 0.0712. The van der Waals surface area contributed by atoms with E-state index >= 15 is 70.2 Å². The van der Waals surface area contributed by atoms with Gasteiger partial charge in [-0.2, -0.15) is 0 Å². The molecule has 0 fully saturated rings. The van der Waals surface area contributed by atoms with Crippen LogP contribution < -0.4 is 43.7 Å². The van der Waals surface area contributed by atoms with Crippen molar-refractivity contribution in [2.75, 3.05) is 0 Å². The first-order valence-electron chi connectivity index (χ1n) is 22.8. The average Bonchev–Trinajstić information content (AvgIpc) is 0.689. The second kappa shape index (κ2) is 26.8. The Hall–Kier alpha value is -8.78. The molecule has 0 saturated carbocycles. The Balaban J connectivity index is 0.000000322. The molecule has 0 spiro atoms. The Labute approximate surface area is 506 Å². The Morgan fingerprint density at radius 2 is 0.211 bits per heavy atom. The summed E-state index contributed by atoms with van der Waals surface area (Å²) in [5.41, 5.74) is -28.7. The minimum absolute atomic E-state index is 0. The molecule has 0 aromatic heterocycles. The van der Waals surface area contributed by atoms with Gasteiger partial charge in [-0.25, -0.2) is 176 Å². The average molecular weight is 1520 g/mol. The molecule has 45 heteroatoms. The van der Waals surface area contributed by atoms with Crippen molar-refractivity contribution in [1.82, 2.24) is 0 Å². The summed E-state index contributed by atoms with van der Waals surface area (Å²) >= 11 is 0. The van der Waals surface area contributed by atoms with Crippen LogP contribution in [0.25, 0.3) is 0 Å². The second-order valence-corrected chi connectivity index (χ2v) is 18.1. The van der Waals surface area contributed by atoms with Crippen molar-refractivity contribution in [3.05, 3.63) is 233 Å². The fraction of sp³-hybridized carbons (Fsp3) is 0.0200. The van der Waals surface area contributed by atoms with Crippen LogP contribution in [0.3, 0.4) is 0 Å². The van der Waals surface area contributed by atoms with Crippen LogP contribution in [-0.2, 0) is 25.2 Å². The summed E-state index contributed by atoms with van der Waals surface area (Å²) in [4.78, 5) is 9.00. The van der Waals surface area contributed by atoms with E-state index in [1.165, 1.54) is 0 Å². The van der Waals surface area contributed by atoms with Crippen molar-refractivity contribution in [3.63, 3.8) is 0 Å². The summed E-state index contributed by atoms with van der Waals surface area (Å²) < 4.78 is 588. The number of halogens is 40. The van der Waals surface area contributed by atoms with E-state index < -0.39 is 295 Å². The topological polar surface area (TPSA) is 37.3 Å². The van der Waals surface area contributed by atoms with Gasteiger partial charge in [-0.3, -0.25) is 4.79 Å². The third-order valence-corrected chi connectivity index (χ3v) is 13.4. The maximum absolute atomic E-state index is 15.4. The molecule has 8 aromatic rings. The molecule has 8 rings (SSSR count). The molecule has 0 atom stereocenters. The normalized spacial score (nSPS) is 11.6. The molecule has 0 saturated heterocycles. The predicted molar refractivity (Wildman–Crippen MR) is 232 cm³/mol. The summed E-state index contributed by atoms with van der Waals surface area (Å²) in [6.07, 6.45) is -14.4. The van der Waals surface area contributed by atoms with Gasteiger partial charge in [0.25, 0.3) is 5.97 Å². The van der Waals surface area contributed by atoms with E-state index in [1.807, 2.05) is 0 Å². The third kappa shape index (κ3) is 11.0. The van der Waals surface area contributed by atoms with Crippen LogP contribution in [0, 0.1) is 233 Å². The van der Waals surface area contributed by atoms with Crippen molar-refractivity contribution < 1.29 is 206 Å². The summed E-state index contributed by atoms with van der Waals surface area (Å²) in [5, 5.41) is 7.42. The van der Waals surface area contributed by atoms with Crippen LogP contribution in [0.15, 0.2) is 0 Å². The molecule has 0 bridgehead atoms. The SMILES string of the molecule is CC(=O)O.Fc1c(F)c(F)c([B-](c2c(F)c(F)c(F)c(F)c2F)(c2c(F)c(F)c(F)c(F)c2F)c2c(F)c(F)c(F)c(F)c2F)c(F)c1F.Fc1c(F)c(F)c([B-](c2c(F)c(F)c(F)c(F)c2F)(c2c(F)c(F)c(F)c(F)c2F)c2c(F)c(F)c(F)c(F)c2F)c(F)c1F.[Pd+2]. The van der Waals surface area contributed by atoms with E-state index in [9.17, 15) is 105 Å². The molecular formula is C50H4B2F40O2Pd. The number of carboxylic acid groups (broad SMARTS) is 1. The van der Waals surface area contributed by atoms with Gasteiger partial charge in [-0.1, -0.05) is 0 Å². The second-order valence-electron chi connectivity index (χ2n) is 18.1. The largest absolute Gasteiger partial charge is 2.00 e. The molecule has 95 heavy (non-hydrogen) atoms. The van der Waals surface area contributed by atoms with Crippen molar-refractivity contribution in [2.45, 2.75) is 6.92 Å². The van der Waals surface area contributed by atoms with E-state index in [-0.39, 0.29) is 20.4 Å². The zero-order valence-corrected chi connectivity index (χ0v) is 44.5. The Morgan fingerprint density at radius 1 is 0.168 bits per heavy atom. The molecule has 0 aliphatic carbocycles. The fourth-order valence-corrected chi connectivity index (χ4v) is 9.75. The summed E-state index contributed by atoms with van der Waals surface area (Å²) in [6, 6.07) is 0. The molecule has 512 valence electrons. The summed E-state index contributed by atoms with van der Waals surface area (Å²) in [5.74, 6) is -144. The third-order valence-electron chi connectivity index (χ3n) is 13.4.